The lowest BCUT2D eigenvalue weighted by Gasteiger charge is -2.44. The molecule has 10 nitrogen and oxygen atoms in total. The van der Waals surface area contributed by atoms with Gasteiger partial charge in [0, 0.05) is 51.4 Å². The molecule has 4 heterocycles. The molecule has 6 rings (SSSR count). The second-order valence-corrected chi connectivity index (χ2v) is 27.6. The third-order valence-electron chi connectivity index (χ3n) is 10.7. The molecule has 0 radical (unpaired) electrons. The van der Waals surface area contributed by atoms with Gasteiger partial charge >= 0.3 is 5.69 Å². The van der Waals surface area contributed by atoms with Crippen LogP contribution in [0.3, 0.4) is 0 Å². The van der Waals surface area contributed by atoms with E-state index in [1.807, 2.05) is 11.5 Å². The van der Waals surface area contributed by atoms with E-state index in [1.165, 1.54) is 19.5 Å². The summed E-state index contributed by atoms with van der Waals surface area (Å²) in [7, 11) is -4.09. The normalized spacial score (nSPS) is 13.5. The Morgan fingerprint density at radius 2 is 1.52 bits per heavy atom. The van der Waals surface area contributed by atoms with Crippen LogP contribution in [0.15, 0.2) is 119 Å². The summed E-state index contributed by atoms with van der Waals surface area (Å²) >= 11 is 0. The largest absolute Gasteiger partial charge is 0.487 e. The van der Waals surface area contributed by atoms with Crippen LogP contribution in [-0.2, 0) is 15.9 Å². The van der Waals surface area contributed by atoms with Crippen molar-refractivity contribution in [2.75, 3.05) is 13.2 Å². The average molecular weight is 818 g/mol. The van der Waals surface area contributed by atoms with E-state index in [9.17, 15) is 9.59 Å². The lowest BCUT2D eigenvalue weighted by atomic mass is 10.1. The Hall–Kier alpha value is -4.89. The Bertz CT molecular complexity index is 2440. The van der Waals surface area contributed by atoms with Crippen LogP contribution < -0.4 is 26.2 Å². The molecule has 4 aromatic heterocycles. The Labute approximate surface area is 344 Å². The van der Waals surface area contributed by atoms with Crippen LogP contribution in [0, 0.1) is 0 Å². The van der Waals surface area contributed by atoms with Crippen LogP contribution in [0.25, 0.3) is 28.0 Å². The number of aromatic nitrogens is 5. The van der Waals surface area contributed by atoms with Gasteiger partial charge in [-0.05, 0) is 72.8 Å². The summed E-state index contributed by atoms with van der Waals surface area (Å²) in [6.45, 7) is 24.8. The molecule has 0 saturated carbocycles. The van der Waals surface area contributed by atoms with E-state index in [2.05, 4.69) is 126 Å². The average Bonchev–Trinajstić information content (AvgIpc) is 3.47. The summed E-state index contributed by atoms with van der Waals surface area (Å²) < 4.78 is 24.7. The predicted octanol–water partition coefficient (Wildman–Crippen LogP) is 8.47. The first-order chi connectivity index (χ1) is 27.5. The predicted molar refractivity (Wildman–Crippen MR) is 241 cm³/mol. The second kappa shape index (κ2) is 17.5. The minimum atomic E-state index is -2.74. The lowest BCUT2D eigenvalue weighted by molar-refractivity contribution is 0.0871. The molecular weight excluding hydrogens is 759 g/mol. The van der Waals surface area contributed by atoms with Crippen molar-refractivity contribution in [1.82, 2.24) is 23.7 Å². The van der Waals surface area contributed by atoms with Crippen LogP contribution in [0.1, 0.15) is 60.4 Å². The molecule has 2 unspecified atom stereocenters. The maximum atomic E-state index is 14.4. The van der Waals surface area contributed by atoms with Crippen molar-refractivity contribution in [2.24, 2.45) is 0 Å². The quantitative estimate of drug-likeness (QED) is 0.0517. The Morgan fingerprint density at radius 3 is 2.12 bits per heavy atom. The van der Waals surface area contributed by atoms with Crippen molar-refractivity contribution in [2.45, 2.75) is 104 Å². The number of hydrogen-bond donors (Lipinski definition) is 0. The van der Waals surface area contributed by atoms with Crippen LogP contribution in [0.4, 0.5) is 0 Å². The van der Waals surface area contributed by atoms with Gasteiger partial charge in [0.2, 0.25) is 0 Å². The highest BCUT2D eigenvalue weighted by atomic mass is 28.4. The van der Waals surface area contributed by atoms with Gasteiger partial charge in [-0.3, -0.25) is 9.36 Å². The highest BCUT2D eigenvalue weighted by Crippen LogP contribution is 2.38. The third-order valence-corrected chi connectivity index (χ3v) is 17.6. The first-order valence-electron chi connectivity index (χ1n) is 20.3. The zero-order valence-electron chi connectivity index (χ0n) is 35.6. The van der Waals surface area contributed by atoms with Crippen molar-refractivity contribution in [3.63, 3.8) is 0 Å². The van der Waals surface area contributed by atoms with E-state index in [0.717, 1.165) is 24.5 Å². The van der Waals surface area contributed by atoms with E-state index in [4.69, 9.17) is 18.9 Å². The third kappa shape index (κ3) is 9.05. The minimum absolute atomic E-state index is 0.0350. The zero-order chi connectivity index (χ0) is 41.8. The molecule has 0 aliphatic rings. The number of nitrogens with zero attached hydrogens (tertiary/aromatic N) is 5. The van der Waals surface area contributed by atoms with E-state index in [0.29, 0.717) is 40.4 Å². The second-order valence-electron chi connectivity index (χ2n) is 17.8. The van der Waals surface area contributed by atoms with Gasteiger partial charge in [-0.2, -0.15) is 0 Å². The fraction of sp³-hybridized carbons (Fsp3) is 0.391. The minimum Gasteiger partial charge on any atom is -0.487 e. The Kier molecular flexibility index (Phi) is 12.9. The molecule has 0 saturated heterocycles. The number of imidazole rings is 1. The highest BCUT2D eigenvalue weighted by molar-refractivity contribution is 6.99. The monoisotopic (exact) mass is 817 g/mol. The van der Waals surface area contributed by atoms with Crippen LogP contribution in [0.5, 0.6) is 5.75 Å². The standard InChI is InChI=1S/C46H59N5O5Si2/c1-33(2)31-55-40-25-27-47-44-42(40)51(45(53)50(44)32-54-29-30-57(8,9)10)41-24-23-38-39(52)26-28-49(43(38)48-41)34(3)21-22-35(4)56-58(46(5,6)7,36-17-13-11-14-18-36)37-19-15-12-16-20-37/h11-20,23-28,34-35H,1,21-22,29-32H2,2-10H3. The zero-order valence-corrected chi connectivity index (χ0v) is 37.6. The van der Waals surface area contributed by atoms with Crippen molar-refractivity contribution in [3.8, 4) is 11.6 Å². The molecule has 2 atom stereocenters. The number of ether oxygens (including phenoxy) is 2. The van der Waals surface area contributed by atoms with Crippen molar-refractivity contribution in [3.05, 3.63) is 130 Å². The molecule has 0 amide bonds. The van der Waals surface area contributed by atoms with Gasteiger partial charge in [0.1, 0.15) is 36.1 Å². The summed E-state index contributed by atoms with van der Waals surface area (Å²) in [6.07, 6.45) is 4.91. The number of benzene rings is 2. The van der Waals surface area contributed by atoms with Gasteiger partial charge in [0.15, 0.2) is 11.1 Å². The van der Waals surface area contributed by atoms with Gasteiger partial charge in [-0.25, -0.2) is 19.3 Å². The Balaban J connectivity index is 1.35. The number of hydrogen-bond acceptors (Lipinski definition) is 7. The molecule has 0 bridgehead atoms. The van der Waals surface area contributed by atoms with Crippen LogP contribution in [-0.4, -0.2) is 59.4 Å². The van der Waals surface area contributed by atoms with Crippen LogP contribution in [0.2, 0.25) is 30.7 Å². The van der Waals surface area contributed by atoms with Crippen molar-refractivity contribution >= 4 is 49.0 Å². The van der Waals surface area contributed by atoms with Gasteiger partial charge in [-0.15, -0.1) is 0 Å². The summed E-state index contributed by atoms with van der Waals surface area (Å²) in [5.74, 6) is 0.827. The number of pyridine rings is 3. The van der Waals surface area contributed by atoms with E-state index >= 15 is 0 Å². The van der Waals surface area contributed by atoms with E-state index < -0.39 is 16.4 Å². The summed E-state index contributed by atoms with van der Waals surface area (Å²) in [6, 6.07) is 29.1. The molecule has 0 aliphatic carbocycles. The maximum absolute atomic E-state index is 14.4. The molecule has 12 heteroatoms. The molecule has 0 spiro atoms. The highest BCUT2D eigenvalue weighted by Gasteiger charge is 2.51. The van der Waals surface area contributed by atoms with Gasteiger partial charge in [0.05, 0.1) is 5.39 Å². The fourth-order valence-electron chi connectivity index (χ4n) is 7.60. The molecule has 306 valence electrons. The SMILES string of the molecule is C=C(C)COc1ccnc2c1n(-c1ccc3c(=O)ccn(C(C)CCC(C)O[Si](c4ccccc4)(c4ccccc4)C(C)(C)C)c3n1)c(=O)n2COCC[Si](C)(C)C. The number of rotatable bonds is 17. The first-order valence-corrected chi connectivity index (χ1v) is 25.9. The fourth-order valence-corrected chi connectivity index (χ4v) is 13.1. The summed E-state index contributed by atoms with van der Waals surface area (Å²) in [4.78, 5) is 37.4. The summed E-state index contributed by atoms with van der Waals surface area (Å²) in [5, 5.41) is 2.82. The van der Waals surface area contributed by atoms with Gasteiger partial charge in [-0.1, -0.05) is 108 Å². The van der Waals surface area contributed by atoms with Gasteiger partial charge in [0.25, 0.3) is 8.32 Å². The lowest BCUT2D eigenvalue weighted by Crippen LogP contribution is -2.67. The molecular formula is C46H59N5O5Si2. The van der Waals surface area contributed by atoms with Crippen molar-refractivity contribution in [1.29, 1.82) is 0 Å². The summed E-state index contributed by atoms with van der Waals surface area (Å²) in [5.41, 5.74) is 1.72. The Morgan fingerprint density at radius 1 is 0.862 bits per heavy atom. The molecule has 0 N–H and O–H groups in total. The smallest absolute Gasteiger partial charge is 0.338 e. The van der Waals surface area contributed by atoms with E-state index in [-0.39, 0.29) is 41.6 Å². The molecule has 0 aliphatic heterocycles. The molecule has 0 fully saturated rings. The first kappa shape index (κ1) is 42.7. The number of fused-ring (bicyclic) bond motifs is 2. The van der Waals surface area contributed by atoms with E-state index in [1.54, 1.807) is 36.7 Å². The molecule has 58 heavy (non-hydrogen) atoms. The van der Waals surface area contributed by atoms with Crippen LogP contribution >= 0.6 is 0 Å². The maximum Gasteiger partial charge on any atom is 0.338 e. The van der Waals surface area contributed by atoms with Gasteiger partial charge < -0.3 is 18.5 Å². The topological polar surface area (TPSA) is 102 Å². The molecule has 6 aromatic rings. The van der Waals surface area contributed by atoms with Crippen molar-refractivity contribution < 1.29 is 13.9 Å². The molecule has 2 aromatic carbocycles.